The van der Waals surface area contributed by atoms with Gasteiger partial charge in [0.25, 0.3) is 5.91 Å². The van der Waals surface area contributed by atoms with Crippen LogP contribution in [0.1, 0.15) is 17.5 Å². The van der Waals surface area contributed by atoms with Crippen LogP contribution in [-0.2, 0) is 4.79 Å². The molecule has 7 heteroatoms. The molecule has 0 saturated heterocycles. The third-order valence-corrected chi connectivity index (χ3v) is 3.57. The Kier molecular flexibility index (Phi) is 4.22. The summed E-state index contributed by atoms with van der Waals surface area (Å²) < 4.78 is 18.7. The number of amides is 2. The van der Waals surface area contributed by atoms with Crippen LogP contribution in [0.2, 0.25) is 5.02 Å². The number of anilines is 2. The highest BCUT2D eigenvalue weighted by Crippen LogP contribution is 2.31. The Balaban J connectivity index is 1.99. The molecule has 2 amide bonds. The lowest BCUT2D eigenvalue weighted by Gasteiger charge is -2.06. The molecule has 122 valence electrons. The second-order valence-electron chi connectivity index (χ2n) is 5.07. The summed E-state index contributed by atoms with van der Waals surface area (Å²) in [6.45, 7) is 1.34. The lowest BCUT2D eigenvalue weighted by atomic mass is 10.2. The molecule has 2 aromatic carbocycles. The summed E-state index contributed by atoms with van der Waals surface area (Å²) >= 11 is 5.70. The van der Waals surface area contributed by atoms with Gasteiger partial charge in [0.2, 0.25) is 11.7 Å². The number of carbonyl (C=O) groups excluding carboxylic acids is 2. The molecule has 0 bridgehead atoms. The zero-order chi connectivity index (χ0) is 17.3. The first-order chi connectivity index (χ1) is 11.5. The number of benzene rings is 2. The second kappa shape index (κ2) is 6.33. The van der Waals surface area contributed by atoms with Crippen molar-refractivity contribution in [1.29, 1.82) is 0 Å². The highest BCUT2D eigenvalue weighted by atomic mass is 35.5. The largest absolute Gasteiger partial charge is 0.449 e. The molecule has 1 heterocycles. The first-order valence-electron chi connectivity index (χ1n) is 7.01. The second-order valence-corrected chi connectivity index (χ2v) is 5.47. The van der Waals surface area contributed by atoms with Crippen molar-refractivity contribution in [2.45, 2.75) is 6.92 Å². The molecule has 2 N–H and O–H groups in total. The third-order valence-electron chi connectivity index (χ3n) is 3.28. The molecule has 0 radical (unpaired) electrons. The van der Waals surface area contributed by atoms with Crippen molar-refractivity contribution < 1.29 is 18.4 Å². The van der Waals surface area contributed by atoms with Gasteiger partial charge < -0.3 is 15.1 Å². The Morgan fingerprint density at radius 3 is 2.58 bits per heavy atom. The molecule has 3 rings (SSSR count). The van der Waals surface area contributed by atoms with Crippen molar-refractivity contribution in [3.05, 3.63) is 59.1 Å². The molecule has 1 aromatic heterocycles. The number of hydrogen-bond acceptors (Lipinski definition) is 3. The fraction of sp³-hybridized carbons (Fsp3) is 0.0588. The number of carbonyl (C=O) groups is 2. The Morgan fingerprint density at radius 1 is 1.12 bits per heavy atom. The van der Waals surface area contributed by atoms with E-state index in [1.54, 1.807) is 24.3 Å². The van der Waals surface area contributed by atoms with E-state index in [1.807, 2.05) is 0 Å². The summed E-state index contributed by atoms with van der Waals surface area (Å²) in [5, 5.41) is 5.66. The number of para-hydroxylation sites is 1. The van der Waals surface area contributed by atoms with Crippen molar-refractivity contribution >= 4 is 45.8 Å². The predicted molar refractivity (Wildman–Crippen MR) is 89.9 cm³/mol. The van der Waals surface area contributed by atoms with Crippen LogP contribution >= 0.6 is 11.6 Å². The molecular formula is C17H12ClFN2O3. The van der Waals surface area contributed by atoms with E-state index in [-0.39, 0.29) is 22.4 Å². The average Bonchev–Trinajstić information content (AvgIpc) is 2.89. The van der Waals surface area contributed by atoms with Crippen molar-refractivity contribution in [2.75, 3.05) is 10.6 Å². The maximum atomic E-state index is 13.2. The fourth-order valence-corrected chi connectivity index (χ4v) is 2.45. The SMILES string of the molecule is CC(=O)Nc1c(C(=O)Nc2ccc(F)c(Cl)c2)oc2ccccc12. The van der Waals surface area contributed by atoms with E-state index >= 15 is 0 Å². The van der Waals surface area contributed by atoms with Gasteiger partial charge in [-0.1, -0.05) is 23.7 Å². The van der Waals surface area contributed by atoms with Crippen molar-refractivity contribution in [1.82, 2.24) is 0 Å². The zero-order valence-corrected chi connectivity index (χ0v) is 13.3. The molecule has 0 aliphatic carbocycles. The van der Waals surface area contributed by atoms with Gasteiger partial charge in [-0.05, 0) is 30.3 Å². The first kappa shape index (κ1) is 16.0. The molecule has 3 aromatic rings. The van der Waals surface area contributed by atoms with Gasteiger partial charge in [0.15, 0.2) is 0 Å². The maximum Gasteiger partial charge on any atom is 0.293 e. The van der Waals surface area contributed by atoms with E-state index in [2.05, 4.69) is 10.6 Å². The van der Waals surface area contributed by atoms with Crippen molar-refractivity contribution in [2.24, 2.45) is 0 Å². The number of rotatable bonds is 3. The molecule has 0 aliphatic rings. The summed E-state index contributed by atoms with van der Waals surface area (Å²) in [5.41, 5.74) is 1.05. The molecule has 5 nitrogen and oxygen atoms in total. The molecular weight excluding hydrogens is 335 g/mol. The van der Waals surface area contributed by atoms with Crippen LogP contribution < -0.4 is 10.6 Å². The van der Waals surface area contributed by atoms with Crippen molar-refractivity contribution in [3.8, 4) is 0 Å². The van der Waals surface area contributed by atoms with Crippen LogP contribution in [0, 0.1) is 5.82 Å². The Labute approximate surface area is 141 Å². The quantitative estimate of drug-likeness (QED) is 0.736. The Bertz CT molecular complexity index is 952. The van der Waals surface area contributed by atoms with E-state index in [1.165, 1.54) is 19.1 Å². The molecule has 0 aliphatic heterocycles. The zero-order valence-electron chi connectivity index (χ0n) is 12.5. The lowest BCUT2D eigenvalue weighted by molar-refractivity contribution is -0.114. The van der Waals surface area contributed by atoms with Gasteiger partial charge in [0.05, 0.1) is 5.02 Å². The minimum atomic E-state index is -0.586. The summed E-state index contributed by atoms with van der Waals surface area (Å²) in [5.74, 6) is -1.55. The van der Waals surface area contributed by atoms with E-state index in [0.29, 0.717) is 16.7 Å². The van der Waals surface area contributed by atoms with Crippen LogP contribution in [0.5, 0.6) is 0 Å². The Morgan fingerprint density at radius 2 is 1.88 bits per heavy atom. The normalized spacial score (nSPS) is 10.6. The molecule has 0 unspecified atom stereocenters. The van der Waals surface area contributed by atoms with Crippen LogP contribution in [-0.4, -0.2) is 11.8 Å². The number of furan rings is 1. The summed E-state index contributed by atoms with van der Waals surface area (Å²) in [6, 6.07) is 10.7. The topological polar surface area (TPSA) is 71.3 Å². The fourth-order valence-electron chi connectivity index (χ4n) is 2.27. The molecule has 0 spiro atoms. The van der Waals surface area contributed by atoms with E-state index in [9.17, 15) is 14.0 Å². The average molecular weight is 347 g/mol. The van der Waals surface area contributed by atoms with E-state index < -0.39 is 11.7 Å². The minimum Gasteiger partial charge on any atom is -0.449 e. The first-order valence-corrected chi connectivity index (χ1v) is 7.39. The van der Waals surface area contributed by atoms with E-state index in [4.69, 9.17) is 16.0 Å². The Hall–Kier alpha value is -2.86. The van der Waals surface area contributed by atoms with E-state index in [0.717, 1.165) is 6.07 Å². The number of halogens is 2. The van der Waals surface area contributed by atoms with Crippen LogP contribution in [0.4, 0.5) is 15.8 Å². The van der Waals surface area contributed by atoms with Crippen molar-refractivity contribution in [3.63, 3.8) is 0 Å². The van der Waals surface area contributed by atoms with Crippen LogP contribution in [0.3, 0.4) is 0 Å². The van der Waals surface area contributed by atoms with Crippen LogP contribution in [0.25, 0.3) is 11.0 Å². The summed E-state index contributed by atoms with van der Waals surface area (Å²) in [6.07, 6.45) is 0. The minimum absolute atomic E-state index is 0.0492. The predicted octanol–water partition coefficient (Wildman–Crippen LogP) is 4.44. The molecule has 0 fully saturated rings. The molecule has 0 saturated carbocycles. The van der Waals surface area contributed by atoms with Crippen LogP contribution in [0.15, 0.2) is 46.9 Å². The highest BCUT2D eigenvalue weighted by Gasteiger charge is 2.21. The molecule has 24 heavy (non-hydrogen) atoms. The molecule has 0 atom stereocenters. The number of nitrogens with one attached hydrogen (secondary N) is 2. The van der Waals surface area contributed by atoms with Gasteiger partial charge in [0.1, 0.15) is 17.1 Å². The standard InChI is InChI=1S/C17H12ClFN2O3/c1-9(22)20-15-11-4-2-3-5-14(11)24-16(15)17(23)21-10-6-7-13(19)12(18)8-10/h2-8H,1H3,(H,20,22)(H,21,23). The van der Waals surface area contributed by atoms with Gasteiger partial charge >= 0.3 is 0 Å². The lowest BCUT2D eigenvalue weighted by Crippen LogP contribution is -2.15. The monoisotopic (exact) mass is 346 g/mol. The van der Waals surface area contributed by atoms with Gasteiger partial charge in [-0.25, -0.2) is 4.39 Å². The summed E-state index contributed by atoms with van der Waals surface area (Å²) in [7, 11) is 0. The maximum absolute atomic E-state index is 13.2. The van der Waals surface area contributed by atoms with Gasteiger partial charge in [0, 0.05) is 18.0 Å². The number of hydrogen-bond donors (Lipinski definition) is 2. The van der Waals surface area contributed by atoms with Gasteiger partial charge in [-0.15, -0.1) is 0 Å². The highest BCUT2D eigenvalue weighted by molar-refractivity contribution is 6.31. The van der Waals surface area contributed by atoms with Gasteiger partial charge in [-0.3, -0.25) is 9.59 Å². The third kappa shape index (κ3) is 3.09. The van der Waals surface area contributed by atoms with Gasteiger partial charge in [-0.2, -0.15) is 0 Å². The number of fused-ring (bicyclic) bond motifs is 1. The smallest absolute Gasteiger partial charge is 0.293 e. The summed E-state index contributed by atoms with van der Waals surface area (Å²) in [4.78, 5) is 23.9.